The van der Waals surface area contributed by atoms with Crippen LogP contribution < -0.4 is 5.32 Å². The first-order valence-corrected chi connectivity index (χ1v) is 10.1. The van der Waals surface area contributed by atoms with Crippen molar-refractivity contribution in [2.45, 2.75) is 59.2 Å². The predicted molar refractivity (Wildman–Crippen MR) is 114 cm³/mol. The van der Waals surface area contributed by atoms with Gasteiger partial charge in [-0.05, 0) is 50.5 Å². The summed E-state index contributed by atoms with van der Waals surface area (Å²) in [7, 11) is 0. The van der Waals surface area contributed by atoms with E-state index in [2.05, 4.69) is 5.32 Å². The Labute approximate surface area is 172 Å². The van der Waals surface area contributed by atoms with Crippen molar-refractivity contribution in [1.82, 2.24) is 10.2 Å². The Kier molecular flexibility index (Phi) is 8.06. The summed E-state index contributed by atoms with van der Waals surface area (Å²) in [6.07, 6.45) is 1.09. The van der Waals surface area contributed by atoms with Gasteiger partial charge in [-0.1, -0.05) is 60.5 Å². The quantitative estimate of drug-likeness (QED) is 0.708. The maximum atomic E-state index is 13.1. The zero-order valence-electron chi connectivity index (χ0n) is 17.0. The van der Waals surface area contributed by atoms with Gasteiger partial charge in [0.1, 0.15) is 6.04 Å². The number of amides is 2. The van der Waals surface area contributed by atoms with E-state index in [4.69, 9.17) is 11.6 Å². The first kappa shape index (κ1) is 22.0. The van der Waals surface area contributed by atoms with Crippen LogP contribution in [0.3, 0.4) is 0 Å². The normalized spacial score (nSPS) is 12.9. The average Bonchev–Trinajstić information content (AvgIpc) is 2.67. The third-order valence-electron chi connectivity index (χ3n) is 4.89. The fourth-order valence-electron chi connectivity index (χ4n) is 2.86. The van der Waals surface area contributed by atoms with Crippen LogP contribution in [0.25, 0.3) is 0 Å². The fourth-order valence-corrected chi connectivity index (χ4v) is 3.08. The Morgan fingerprint density at radius 2 is 1.75 bits per heavy atom. The van der Waals surface area contributed by atoms with Crippen LogP contribution in [0.15, 0.2) is 48.5 Å². The SMILES string of the molecule is CCC(C)NC(=O)C(C)N(Cc1cccc(Cl)c1)C(=O)Cc1ccc(C)cc1. The zero-order valence-corrected chi connectivity index (χ0v) is 17.8. The molecule has 0 saturated heterocycles. The Balaban J connectivity index is 2.22. The van der Waals surface area contributed by atoms with E-state index < -0.39 is 6.04 Å². The fraction of sp³-hybridized carbons (Fsp3) is 0.391. The molecule has 2 atom stereocenters. The van der Waals surface area contributed by atoms with Gasteiger partial charge in [0, 0.05) is 17.6 Å². The number of hydrogen-bond acceptors (Lipinski definition) is 2. The van der Waals surface area contributed by atoms with Gasteiger partial charge >= 0.3 is 0 Å². The molecule has 0 aliphatic carbocycles. The number of carbonyl (C=O) groups is 2. The van der Waals surface area contributed by atoms with E-state index in [0.29, 0.717) is 11.6 Å². The van der Waals surface area contributed by atoms with Gasteiger partial charge in [0.25, 0.3) is 0 Å². The molecule has 0 heterocycles. The van der Waals surface area contributed by atoms with Crippen LogP contribution in [0, 0.1) is 6.92 Å². The lowest BCUT2D eigenvalue weighted by Gasteiger charge is -2.30. The van der Waals surface area contributed by atoms with Gasteiger partial charge in [-0.15, -0.1) is 0 Å². The molecule has 2 unspecified atom stereocenters. The smallest absolute Gasteiger partial charge is 0.242 e. The first-order chi connectivity index (χ1) is 13.3. The molecule has 0 saturated carbocycles. The van der Waals surface area contributed by atoms with Gasteiger partial charge < -0.3 is 10.2 Å². The molecular weight excluding hydrogens is 372 g/mol. The molecular formula is C23H29ClN2O2. The highest BCUT2D eigenvalue weighted by Crippen LogP contribution is 2.16. The summed E-state index contributed by atoms with van der Waals surface area (Å²) >= 11 is 6.10. The number of aryl methyl sites for hydroxylation is 1. The number of rotatable bonds is 8. The standard InChI is InChI=1S/C23H29ClN2O2/c1-5-17(3)25-23(28)18(4)26(15-20-7-6-8-21(24)13-20)22(27)14-19-11-9-16(2)10-12-19/h6-13,17-18H,5,14-15H2,1-4H3,(H,25,28). The third-order valence-corrected chi connectivity index (χ3v) is 5.12. The minimum atomic E-state index is -0.578. The summed E-state index contributed by atoms with van der Waals surface area (Å²) in [6.45, 7) is 8.09. The van der Waals surface area contributed by atoms with Gasteiger partial charge in [0.15, 0.2) is 0 Å². The molecule has 0 aliphatic rings. The van der Waals surface area contributed by atoms with Gasteiger partial charge in [0.2, 0.25) is 11.8 Å². The summed E-state index contributed by atoms with van der Waals surface area (Å²) < 4.78 is 0. The lowest BCUT2D eigenvalue weighted by Crippen LogP contribution is -2.49. The van der Waals surface area contributed by atoms with Gasteiger partial charge in [0.05, 0.1) is 6.42 Å². The maximum Gasteiger partial charge on any atom is 0.242 e. The van der Waals surface area contributed by atoms with Crippen molar-refractivity contribution in [2.24, 2.45) is 0 Å². The highest BCUT2D eigenvalue weighted by Gasteiger charge is 2.26. The van der Waals surface area contributed by atoms with Crippen molar-refractivity contribution in [3.8, 4) is 0 Å². The molecule has 0 bridgehead atoms. The molecule has 5 heteroatoms. The molecule has 4 nitrogen and oxygen atoms in total. The highest BCUT2D eigenvalue weighted by atomic mass is 35.5. The Hall–Kier alpha value is -2.33. The Morgan fingerprint density at radius 1 is 1.07 bits per heavy atom. The Bertz CT molecular complexity index is 805. The monoisotopic (exact) mass is 400 g/mol. The molecule has 2 rings (SSSR count). The van der Waals surface area contributed by atoms with E-state index in [-0.39, 0.29) is 24.3 Å². The van der Waals surface area contributed by atoms with Crippen LogP contribution in [0.1, 0.15) is 43.9 Å². The molecule has 1 N–H and O–H groups in total. The summed E-state index contributed by atoms with van der Waals surface area (Å²) in [5.74, 6) is -0.232. The summed E-state index contributed by atoms with van der Waals surface area (Å²) in [5.41, 5.74) is 2.97. The lowest BCUT2D eigenvalue weighted by atomic mass is 10.1. The van der Waals surface area contributed by atoms with Gasteiger partial charge in [-0.2, -0.15) is 0 Å². The second-order valence-corrected chi connectivity index (χ2v) is 7.74. The number of halogens is 1. The predicted octanol–water partition coefficient (Wildman–Crippen LogP) is 4.52. The second kappa shape index (κ2) is 10.3. The van der Waals surface area contributed by atoms with Gasteiger partial charge in [-0.3, -0.25) is 9.59 Å². The van der Waals surface area contributed by atoms with Crippen molar-refractivity contribution in [2.75, 3.05) is 0 Å². The summed E-state index contributed by atoms with van der Waals surface area (Å²) in [4.78, 5) is 27.4. The van der Waals surface area contributed by atoms with Crippen molar-refractivity contribution in [3.63, 3.8) is 0 Å². The molecule has 2 amide bonds. The molecule has 2 aromatic carbocycles. The van der Waals surface area contributed by atoms with Crippen LogP contribution in [-0.2, 0) is 22.6 Å². The van der Waals surface area contributed by atoms with E-state index in [1.807, 2.05) is 63.2 Å². The Morgan fingerprint density at radius 3 is 2.36 bits per heavy atom. The number of benzene rings is 2. The maximum absolute atomic E-state index is 13.1. The highest BCUT2D eigenvalue weighted by molar-refractivity contribution is 6.30. The first-order valence-electron chi connectivity index (χ1n) is 9.70. The van der Waals surface area contributed by atoms with Crippen LogP contribution in [0.2, 0.25) is 5.02 Å². The molecule has 2 aromatic rings. The molecule has 0 aliphatic heterocycles. The van der Waals surface area contributed by atoms with E-state index in [1.54, 1.807) is 17.9 Å². The van der Waals surface area contributed by atoms with Crippen LogP contribution in [0.5, 0.6) is 0 Å². The summed E-state index contributed by atoms with van der Waals surface area (Å²) in [6, 6.07) is 14.8. The molecule has 0 radical (unpaired) electrons. The average molecular weight is 401 g/mol. The van der Waals surface area contributed by atoms with Crippen LogP contribution in [-0.4, -0.2) is 28.8 Å². The molecule has 0 fully saturated rings. The van der Waals surface area contributed by atoms with Crippen LogP contribution >= 0.6 is 11.6 Å². The largest absolute Gasteiger partial charge is 0.352 e. The van der Waals surface area contributed by atoms with Crippen molar-refractivity contribution in [1.29, 1.82) is 0 Å². The summed E-state index contributed by atoms with van der Waals surface area (Å²) in [5, 5.41) is 3.59. The minimum absolute atomic E-state index is 0.0650. The van der Waals surface area contributed by atoms with Gasteiger partial charge in [-0.25, -0.2) is 0 Å². The van der Waals surface area contributed by atoms with E-state index in [9.17, 15) is 9.59 Å². The van der Waals surface area contributed by atoms with Crippen molar-refractivity contribution in [3.05, 3.63) is 70.2 Å². The van der Waals surface area contributed by atoms with Crippen molar-refractivity contribution < 1.29 is 9.59 Å². The van der Waals surface area contributed by atoms with E-state index in [0.717, 1.165) is 23.1 Å². The second-order valence-electron chi connectivity index (χ2n) is 7.31. The third kappa shape index (κ3) is 6.38. The van der Waals surface area contributed by atoms with Crippen LogP contribution in [0.4, 0.5) is 0 Å². The zero-order chi connectivity index (χ0) is 20.7. The molecule has 28 heavy (non-hydrogen) atoms. The lowest BCUT2D eigenvalue weighted by molar-refractivity contribution is -0.140. The minimum Gasteiger partial charge on any atom is -0.352 e. The topological polar surface area (TPSA) is 49.4 Å². The number of nitrogens with zero attached hydrogens (tertiary/aromatic N) is 1. The number of carbonyl (C=O) groups excluding carboxylic acids is 2. The molecule has 0 spiro atoms. The van der Waals surface area contributed by atoms with E-state index in [1.165, 1.54) is 0 Å². The molecule has 0 aromatic heterocycles. The molecule has 150 valence electrons. The van der Waals surface area contributed by atoms with E-state index >= 15 is 0 Å². The number of hydrogen-bond donors (Lipinski definition) is 1. The number of nitrogens with one attached hydrogen (secondary N) is 1. The van der Waals surface area contributed by atoms with Crippen molar-refractivity contribution >= 4 is 23.4 Å².